The summed E-state index contributed by atoms with van der Waals surface area (Å²) in [7, 11) is 1.58. The van der Waals surface area contributed by atoms with Crippen LogP contribution in [0.1, 0.15) is 52.0 Å². The van der Waals surface area contributed by atoms with Gasteiger partial charge in [-0.3, -0.25) is 0 Å². The lowest BCUT2D eigenvalue weighted by atomic mass is 9.87. The van der Waals surface area contributed by atoms with Crippen molar-refractivity contribution in [3.05, 3.63) is 23.8 Å². The number of phenolic OH excluding ortho intramolecular Hbond substituents is 1. The number of methoxy groups -OCH3 is 1. The molecule has 0 aliphatic carbocycles. The number of ether oxygens (including phenoxy) is 1. The summed E-state index contributed by atoms with van der Waals surface area (Å²) in [5.41, 5.74) is 1.19. The van der Waals surface area contributed by atoms with Crippen LogP contribution in [0, 0.1) is 11.8 Å². The third-order valence-corrected chi connectivity index (χ3v) is 4.12. The average Bonchev–Trinajstić information content (AvgIpc) is 2.42. The first kappa shape index (κ1) is 15.9. The van der Waals surface area contributed by atoms with Gasteiger partial charge in [-0.1, -0.05) is 46.1 Å². The van der Waals surface area contributed by atoms with E-state index in [4.69, 9.17) is 4.74 Å². The summed E-state index contributed by atoms with van der Waals surface area (Å²) in [5.74, 6) is 2.31. The SMILES string of the molecule is CCCCC(C)C(C)CCc1ccc(OC)c(O)c1. The smallest absolute Gasteiger partial charge is 0.160 e. The highest BCUT2D eigenvalue weighted by molar-refractivity contribution is 5.41. The fourth-order valence-electron chi connectivity index (χ4n) is 2.38. The highest BCUT2D eigenvalue weighted by atomic mass is 16.5. The number of rotatable bonds is 8. The molecule has 1 N–H and O–H groups in total. The number of hydrogen-bond acceptors (Lipinski definition) is 2. The molecule has 0 saturated heterocycles. The minimum Gasteiger partial charge on any atom is -0.504 e. The predicted octanol–water partition coefficient (Wildman–Crippen LogP) is 4.80. The van der Waals surface area contributed by atoms with Gasteiger partial charge in [-0.25, -0.2) is 0 Å². The van der Waals surface area contributed by atoms with Crippen LogP contribution in [-0.4, -0.2) is 12.2 Å². The van der Waals surface area contributed by atoms with E-state index in [2.05, 4.69) is 20.8 Å². The Kier molecular flexibility index (Phi) is 6.75. The van der Waals surface area contributed by atoms with Gasteiger partial charge in [0.15, 0.2) is 11.5 Å². The molecule has 0 bridgehead atoms. The zero-order valence-corrected chi connectivity index (χ0v) is 12.8. The molecule has 1 aromatic rings. The summed E-state index contributed by atoms with van der Waals surface area (Å²) in [6, 6.07) is 5.71. The number of phenols is 1. The van der Waals surface area contributed by atoms with Crippen molar-refractivity contribution < 1.29 is 9.84 Å². The van der Waals surface area contributed by atoms with Crippen LogP contribution in [0.15, 0.2) is 18.2 Å². The van der Waals surface area contributed by atoms with Crippen molar-refractivity contribution in [1.29, 1.82) is 0 Å². The Labute approximate surface area is 117 Å². The summed E-state index contributed by atoms with van der Waals surface area (Å²) in [6.45, 7) is 6.94. The molecule has 19 heavy (non-hydrogen) atoms. The molecule has 0 aliphatic heterocycles. The maximum Gasteiger partial charge on any atom is 0.160 e. The fourth-order valence-corrected chi connectivity index (χ4v) is 2.38. The van der Waals surface area contributed by atoms with Gasteiger partial charge in [0.1, 0.15) is 0 Å². The number of hydrogen-bond donors (Lipinski definition) is 1. The molecular weight excluding hydrogens is 236 g/mol. The first-order valence-electron chi connectivity index (χ1n) is 7.44. The zero-order chi connectivity index (χ0) is 14.3. The van der Waals surface area contributed by atoms with Gasteiger partial charge in [0, 0.05) is 0 Å². The molecular formula is C17H28O2. The molecule has 1 aromatic carbocycles. The van der Waals surface area contributed by atoms with E-state index in [0.717, 1.165) is 18.3 Å². The zero-order valence-electron chi connectivity index (χ0n) is 12.8. The monoisotopic (exact) mass is 264 g/mol. The normalized spacial score (nSPS) is 14.1. The summed E-state index contributed by atoms with van der Waals surface area (Å²) >= 11 is 0. The van der Waals surface area contributed by atoms with Crippen molar-refractivity contribution in [2.24, 2.45) is 11.8 Å². The highest BCUT2D eigenvalue weighted by Gasteiger charge is 2.12. The van der Waals surface area contributed by atoms with Crippen LogP contribution in [-0.2, 0) is 6.42 Å². The second kappa shape index (κ2) is 8.08. The van der Waals surface area contributed by atoms with Gasteiger partial charge in [-0.05, 0) is 42.4 Å². The number of aromatic hydroxyl groups is 1. The van der Waals surface area contributed by atoms with Gasteiger partial charge in [-0.15, -0.1) is 0 Å². The quantitative estimate of drug-likeness (QED) is 0.731. The standard InChI is InChI=1S/C17H28O2/c1-5-6-7-13(2)14(3)8-9-15-10-11-17(19-4)16(18)12-15/h10-14,18H,5-9H2,1-4H3. The van der Waals surface area contributed by atoms with E-state index in [0.29, 0.717) is 5.75 Å². The van der Waals surface area contributed by atoms with Crippen molar-refractivity contribution in [3.63, 3.8) is 0 Å². The maximum absolute atomic E-state index is 9.76. The topological polar surface area (TPSA) is 29.5 Å². The summed E-state index contributed by atoms with van der Waals surface area (Å²) in [6.07, 6.45) is 6.13. The van der Waals surface area contributed by atoms with E-state index in [1.165, 1.54) is 31.2 Å². The van der Waals surface area contributed by atoms with Gasteiger partial charge in [0.05, 0.1) is 7.11 Å². The second-order valence-electron chi connectivity index (χ2n) is 5.64. The van der Waals surface area contributed by atoms with E-state index < -0.39 is 0 Å². The Hall–Kier alpha value is -1.18. The molecule has 108 valence electrons. The number of benzene rings is 1. The van der Waals surface area contributed by atoms with Gasteiger partial charge < -0.3 is 9.84 Å². The first-order valence-corrected chi connectivity index (χ1v) is 7.44. The fraction of sp³-hybridized carbons (Fsp3) is 0.647. The first-order chi connectivity index (χ1) is 9.08. The van der Waals surface area contributed by atoms with E-state index in [-0.39, 0.29) is 5.75 Å². The maximum atomic E-state index is 9.76. The summed E-state index contributed by atoms with van der Waals surface area (Å²) in [4.78, 5) is 0. The Morgan fingerprint density at radius 1 is 1.16 bits per heavy atom. The molecule has 2 atom stereocenters. The molecule has 0 fully saturated rings. The average molecular weight is 264 g/mol. The summed E-state index contributed by atoms with van der Waals surface area (Å²) in [5, 5.41) is 9.76. The Morgan fingerprint density at radius 3 is 2.42 bits per heavy atom. The third-order valence-electron chi connectivity index (χ3n) is 4.12. The van der Waals surface area contributed by atoms with Crippen molar-refractivity contribution in [1.82, 2.24) is 0 Å². The highest BCUT2D eigenvalue weighted by Crippen LogP contribution is 2.28. The molecule has 0 aromatic heterocycles. The van der Waals surface area contributed by atoms with Crippen LogP contribution in [0.4, 0.5) is 0 Å². The third kappa shape index (κ3) is 5.14. The van der Waals surface area contributed by atoms with Crippen molar-refractivity contribution in [3.8, 4) is 11.5 Å². The Balaban J connectivity index is 2.45. The number of unbranched alkanes of at least 4 members (excludes halogenated alkanes) is 1. The van der Waals surface area contributed by atoms with Crippen LogP contribution in [0.2, 0.25) is 0 Å². The van der Waals surface area contributed by atoms with Crippen molar-refractivity contribution in [2.45, 2.75) is 52.9 Å². The van der Waals surface area contributed by atoms with Gasteiger partial charge in [-0.2, -0.15) is 0 Å². The molecule has 0 saturated carbocycles. The van der Waals surface area contributed by atoms with Crippen LogP contribution in [0.5, 0.6) is 11.5 Å². The minimum atomic E-state index is 0.242. The summed E-state index contributed by atoms with van der Waals surface area (Å²) < 4.78 is 5.06. The largest absolute Gasteiger partial charge is 0.504 e. The molecule has 1 rings (SSSR count). The molecule has 0 amide bonds. The van der Waals surface area contributed by atoms with E-state index >= 15 is 0 Å². The van der Waals surface area contributed by atoms with E-state index in [9.17, 15) is 5.11 Å². The van der Waals surface area contributed by atoms with Crippen LogP contribution in [0.25, 0.3) is 0 Å². The molecule has 0 heterocycles. The van der Waals surface area contributed by atoms with Gasteiger partial charge in [0.25, 0.3) is 0 Å². The Morgan fingerprint density at radius 2 is 1.84 bits per heavy atom. The minimum absolute atomic E-state index is 0.242. The molecule has 0 spiro atoms. The van der Waals surface area contributed by atoms with Crippen molar-refractivity contribution >= 4 is 0 Å². The molecule has 2 heteroatoms. The molecule has 0 radical (unpaired) electrons. The van der Waals surface area contributed by atoms with Gasteiger partial charge in [0.2, 0.25) is 0 Å². The van der Waals surface area contributed by atoms with E-state index in [1.807, 2.05) is 18.2 Å². The molecule has 2 nitrogen and oxygen atoms in total. The van der Waals surface area contributed by atoms with Gasteiger partial charge >= 0.3 is 0 Å². The van der Waals surface area contributed by atoms with E-state index in [1.54, 1.807) is 7.11 Å². The van der Waals surface area contributed by atoms with Crippen molar-refractivity contribution in [2.75, 3.05) is 7.11 Å². The lowest BCUT2D eigenvalue weighted by molar-refractivity contribution is 0.336. The Bertz CT molecular complexity index is 374. The van der Waals surface area contributed by atoms with Crippen LogP contribution >= 0.6 is 0 Å². The molecule has 0 aliphatic rings. The van der Waals surface area contributed by atoms with Crippen LogP contribution < -0.4 is 4.74 Å². The lowest BCUT2D eigenvalue weighted by Crippen LogP contribution is -2.09. The second-order valence-corrected chi connectivity index (χ2v) is 5.64. The van der Waals surface area contributed by atoms with Crippen LogP contribution in [0.3, 0.4) is 0 Å². The lowest BCUT2D eigenvalue weighted by Gasteiger charge is -2.19. The number of aryl methyl sites for hydroxylation is 1. The predicted molar refractivity (Wildman–Crippen MR) is 80.8 cm³/mol. The molecule has 2 unspecified atom stereocenters.